The zero-order valence-corrected chi connectivity index (χ0v) is 12.7. The second-order valence-corrected chi connectivity index (χ2v) is 4.85. The Balaban J connectivity index is 0.00000200. The van der Waals surface area contributed by atoms with Crippen LogP contribution in [-0.2, 0) is 0 Å². The smallest absolute Gasteiger partial charge is 0.163 e. The van der Waals surface area contributed by atoms with Crippen LogP contribution in [0.4, 0.5) is 0 Å². The first-order valence-electron chi connectivity index (χ1n) is 6.93. The van der Waals surface area contributed by atoms with Crippen molar-refractivity contribution in [1.82, 2.24) is 10.2 Å². The lowest BCUT2D eigenvalue weighted by Crippen LogP contribution is -2.32. The van der Waals surface area contributed by atoms with Crippen LogP contribution < -0.4 is 10.1 Å². The van der Waals surface area contributed by atoms with Crippen molar-refractivity contribution in [2.75, 3.05) is 39.3 Å². The van der Waals surface area contributed by atoms with Gasteiger partial charge in [0.05, 0.1) is 5.56 Å². The number of carbonyl (C=O) groups excluding carboxylic acids is 1. The normalized spacial score (nSPS) is 16.1. The number of nitrogens with zero attached hydrogens (tertiary/aromatic N) is 1. The Morgan fingerprint density at radius 2 is 2.10 bits per heavy atom. The molecule has 4 nitrogen and oxygen atoms in total. The van der Waals surface area contributed by atoms with Crippen LogP contribution in [0.1, 0.15) is 23.7 Å². The van der Waals surface area contributed by atoms with Crippen molar-refractivity contribution >= 4 is 18.2 Å². The van der Waals surface area contributed by atoms with E-state index in [0.717, 1.165) is 32.7 Å². The lowest BCUT2D eigenvalue weighted by Gasteiger charge is -2.19. The summed E-state index contributed by atoms with van der Waals surface area (Å²) in [6.07, 6.45) is 1.18. The highest BCUT2D eigenvalue weighted by Gasteiger charge is 2.10. The van der Waals surface area contributed by atoms with Crippen LogP contribution in [0.25, 0.3) is 0 Å². The molecule has 1 heterocycles. The summed E-state index contributed by atoms with van der Waals surface area (Å²) in [4.78, 5) is 13.9. The number of halogens is 1. The van der Waals surface area contributed by atoms with Gasteiger partial charge in [0.25, 0.3) is 0 Å². The van der Waals surface area contributed by atoms with Crippen molar-refractivity contribution in [1.29, 1.82) is 0 Å². The molecule has 0 aliphatic carbocycles. The zero-order valence-electron chi connectivity index (χ0n) is 11.9. The van der Waals surface area contributed by atoms with Gasteiger partial charge in [0.2, 0.25) is 0 Å². The molecule has 1 saturated heterocycles. The maximum atomic E-state index is 11.5. The van der Waals surface area contributed by atoms with Crippen LogP contribution in [0.5, 0.6) is 5.75 Å². The SMILES string of the molecule is CC(=O)c1ccccc1OCCN1CCCNCC1.Cl. The molecule has 1 N–H and O–H groups in total. The minimum Gasteiger partial charge on any atom is -0.491 e. The molecule has 0 saturated carbocycles. The third-order valence-corrected chi connectivity index (χ3v) is 3.36. The molecule has 1 aliphatic heterocycles. The van der Waals surface area contributed by atoms with Gasteiger partial charge >= 0.3 is 0 Å². The van der Waals surface area contributed by atoms with Gasteiger partial charge in [0, 0.05) is 19.6 Å². The van der Waals surface area contributed by atoms with Gasteiger partial charge in [0.1, 0.15) is 12.4 Å². The Bertz CT molecular complexity index is 418. The molecule has 0 radical (unpaired) electrons. The second-order valence-electron chi connectivity index (χ2n) is 4.85. The summed E-state index contributed by atoms with van der Waals surface area (Å²) >= 11 is 0. The lowest BCUT2D eigenvalue weighted by atomic mass is 10.1. The van der Waals surface area contributed by atoms with Crippen molar-refractivity contribution in [2.45, 2.75) is 13.3 Å². The molecule has 20 heavy (non-hydrogen) atoms. The van der Waals surface area contributed by atoms with Crippen LogP contribution in [0, 0.1) is 0 Å². The van der Waals surface area contributed by atoms with Crippen molar-refractivity contribution < 1.29 is 9.53 Å². The maximum Gasteiger partial charge on any atom is 0.163 e. The second kappa shape index (κ2) is 8.95. The Morgan fingerprint density at radius 1 is 1.30 bits per heavy atom. The molecule has 2 rings (SSSR count). The lowest BCUT2D eigenvalue weighted by molar-refractivity contribution is 0.101. The van der Waals surface area contributed by atoms with Gasteiger partial charge in [-0.2, -0.15) is 0 Å². The van der Waals surface area contributed by atoms with E-state index in [9.17, 15) is 4.79 Å². The number of Topliss-reactive ketones (excluding diaryl/α,β-unsaturated/α-hetero) is 1. The molecule has 1 aromatic carbocycles. The van der Waals surface area contributed by atoms with Crippen molar-refractivity contribution in [2.24, 2.45) is 0 Å². The molecule has 1 aromatic rings. The summed E-state index contributed by atoms with van der Waals surface area (Å²) in [6.45, 7) is 7.44. The zero-order chi connectivity index (χ0) is 13.5. The van der Waals surface area contributed by atoms with Gasteiger partial charge in [-0.05, 0) is 38.6 Å². The van der Waals surface area contributed by atoms with E-state index in [-0.39, 0.29) is 18.2 Å². The number of hydrogen-bond donors (Lipinski definition) is 1. The summed E-state index contributed by atoms with van der Waals surface area (Å²) in [5, 5.41) is 3.38. The van der Waals surface area contributed by atoms with Gasteiger partial charge in [-0.15, -0.1) is 12.4 Å². The molecule has 0 spiro atoms. The predicted molar refractivity (Wildman–Crippen MR) is 83.1 cm³/mol. The Morgan fingerprint density at radius 3 is 2.90 bits per heavy atom. The van der Waals surface area contributed by atoms with E-state index in [4.69, 9.17) is 4.74 Å². The third kappa shape index (κ3) is 5.12. The average molecular weight is 299 g/mol. The number of para-hydroxylation sites is 1. The number of benzene rings is 1. The number of rotatable bonds is 5. The highest BCUT2D eigenvalue weighted by atomic mass is 35.5. The molecule has 5 heteroatoms. The predicted octanol–water partition coefficient (Wildman–Crippen LogP) is 1.99. The third-order valence-electron chi connectivity index (χ3n) is 3.36. The molecule has 0 atom stereocenters. The van der Waals surface area contributed by atoms with E-state index >= 15 is 0 Å². The topological polar surface area (TPSA) is 41.6 Å². The fraction of sp³-hybridized carbons (Fsp3) is 0.533. The maximum absolute atomic E-state index is 11.5. The molecule has 1 aliphatic rings. The molecule has 0 bridgehead atoms. The van der Waals surface area contributed by atoms with E-state index in [0.29, 0.717) is 17.9 Å². The van der Waals surface area contributed by atoms with Gasteiger partial charge < -0.3 is 10.1 Å². The van der Waals surface area contributed by atoms with Crippen LogP contribution >= 0.6 is 12.4 Å². The number of ether oxygens (including phenoxy) is 1. The fourth-order valence-corrected chi connectivity index (χ4v) is 2.29. The van der Waals surface area contributed by atoms with Crippen molar-refractivity contribution in [3.05, 3.63) is 29.8 Å². The molecule has 0 amide bonds. The van der Waals surface area contributed by atoms with Crippen molar-refractivity contribution in [3.63, 3.8) is 0 Å². The summed E-state index contributed by atoms with van der Waals surface area (Å²) in [6, 6.07) is 7.44. The summed E-state index contributed by atoms with van der Waals surface area (Å²) in [5.41, 5.74) is 0.667. The standard InChI is InChI=1S/C15H22N2O2.ClH/c1-13(18)14-5-2-3-6-15(14)19-12-11-17-9-4-7-16-8-10-17;/h2-3,5-6,16H,4,7-12H2,1H3;1H. The average Bonchev–Trinajstić information content (AvgIpc) is 2.68. The molecular weight excluding hydrogens is 276 g/mol. The summed E-state index contributed by atoms with van der Waals surface area (Å²) in [7, 11) is 0. The number of carbonyl (C=O) groups is 1. The van der Waals surface area contributed by atoms with Crippen molar-refractivity contribution in [3.8, 4) is 5.75 Å². The Kier molecular flexibility index (Phi) is 7.59. The monoisotopic (exact) mass is 298 g/mol. The molecule has 0 unspecified atom stereocenters. The Labute approximate surface area is 126 Å². The number of nitrogens with one attached hydrogen (secondary N) is 1. The minimum atomic E-state index is 0. The van der Waals surface area contributed by atoms with Gasteiger partial charge in [-0.3, -0.25) is 9.69 Å². The van der Waals surface area contributed by atoms with Crippen LogP contribution in [-0.4, -0.2) is 50.0 Å². The first-order chi connectivity index (χ1) is 9.27. The summed E-state index contributed by atoms with van der Waals surface area (Å²) in [5.74, 6) is 0.748. The number of hydrogen-bond acceptors (Lipinski definition) is 4. The van der Waals surface area contributed by atoms with E-state index in [2.05, 4.69) is 10.2 Å². The van der Waals surface area contributed by atoms with E-state index in [1.807, 2.05) is 24.3 Å². The van der Waals surface area contributed by atoms with Crippen LogP contribution in [0.15, 0.2) is 24.3 Å². The van der Waals surface area contributed by atoms with Gasteiger partial charge in [0.15, 0.2) is 5.78 Å². The van der Waals surface area contributed by atoms with Crippen LogP contribution in [0.2, 0.25) is 0 Å². The highest BCUT2D eigenvalue weighted by Crippen LogP contribution is 2.18. The number of ketones is 1. The first kappa shape index (κ1) is 17.0. The van der Waals surface area contributed by atoms with Gasteiger partial charge in [-0.1, -0.05) is 12.1 Å². The minimum absolute atomic E-state index is 0. The molecule has 0 aromatic heterocycles. The summed E-state index contributed by atoms with van der Waals surface area (Å²) < 4.78 is 5.76. The molecular formula is C15H23ClN2O2. The first-order valence-corrected chi connectivity index (χ1v) is 6.93. The van der Waals surface area contributed by atoms with Gasteiger partial charge in [-0.25, -0.2) is 0 Å². The quantitative estimate of drug-likeness (QED) is 0.844. The fourth-order valence-electron chi connectivity index (χ4n) is 2.29. The van der Waals surface area contributed by atoms with E-state index in [1.54, 1.807) is 6.92 Å². The largest absolute Gasteiger partial charge is 0.491 e. The van der Waals surface area contributed by atoms with Crippen LogP contribution in [0.3, 0.4) is 0 Å². The molecule has 112 valence electrons. The van der Waals surface area contributed by atoms with E-state index < -0.39 is 0 Å². The van der Waals surface area contributed by atoms with E-state index in [1.165, 1.54) is 6.42 Å². The highest BCUT2D eigenvalue weighted by molar-refractivity contribution is 5.96. The Hall–Kier alpha value is -1.10. The molecule has 1 fully saturated rings.